The van der Waals surface area contributed by atoms with E-state index in [9.17, 15) is 0 Å². The zero-order valence-corrected chi connectivity index (χ0v) is 13.5. The Hall–Kier alpha value is -1.02. The van der Waals surface area contributed by atoms with Crippen LogP contribution in [-0.2, 0) is 0 Å². The quantitative estimate of drug-likeness (QED) is 0.617. The molecule has 1 fully saturated rings. The van der Waals surface area contributed by atoms with Gasteiger partial charge in [0.05, 0.1) is 4.83 Å². The van der Waals surface area contributed by atoms with E-state index in [4.69, 9.17) is 4.42 Å². The summed E-state index contributed by atoms with van der Waals surface area (Å²) in [5.74, 6) is 2.72. The van der Waals surface area contributed by atoms with Gasteiger partial charge in [-0.1, -0.05) is 59.5 Å². The second-order valence-corrected chi connectivity index (χ2v) is 6.73. The molecule has 1 aromatic heterocycles. The Labute approximate surface area is 129 Å². The van der Waals surface area contributed by atoms with Gasteiger partial charge >= 0.3 is 0 Å². The molecule has 1 aliphatic rings. The van der Waals surface area contributed by atoms with Crippen LogP contribution in [-0.4, -0.2) is 0 Å². The van der Waals surface area contributed by atoms with Crippen molar-refractivity contribution in [1.82, 2.24) is 0 Å². The van der Waals surface area contributed by atoms with E-state index < -0.39 is 0 Å². The fourth-order valence-electron chi connectivity index (χ4n) is 3.13. The topological polar surface area (TPSA) is 13.1 Å². The molecule has 2 heteroatoms. The first kappa shape index (κ1) is 13.9. The molecule has 0 radical (unpaired) electrons. The highest BCUT2D eigenvalue weighted by atomic mass is 79.9. The Morgan fingerprint density at radius 3 is 2.30 bits per heavy atom. The molecule has 106 valence electrons. The van der Waals surface area contributed by atoms with Crippen LogP contribution in [0.4, 0.5) is 0 Å². The molecule has 0 aliphatic heterocycles. The van der Waals surface area contributed by atoms with Gasteiger partial charge in [-0.3, -0.25) is 0 Å². The van der Waals surface area contributed by atoms with Crippen molar-refractivity contribution in [3.05, 3.63) is 59.0 Å². The third-order valence-corrected chi connectivity index (χ3v) is 5.30. The van der Waals surface area contributed by atoms with Crippen molar-refractivity contribution in [2.24, 2.45) is 0 Å². The molecule has 1 unspecified atom stereocenters. The van der Waals surface area contributed by atoms with Crippen molar-refractivity contribution in [1.29, 1.82) is 0 Å². The van der Waals surface area contributed by atoms with Crippen LogP contribution >= 0.6 is 15.9 Å². The molecular weight excluding hydrogens is 312 g/mol. The third kappa shape index (κ3) is 3.01. The third-order valence-electron chi connectivity index (χ3n) is 4.32. The normalized spacial score (nSPS) is 18.1. The monoisotopic (exact) mass is 332 g/mol. The van der Waals surface area contributed by atoms with Gasteiger partial charge in [-0.2, -0.15) is 0 Å². The maximum absolute atomic E-state index is 5.70. The zero-order chi connectivity index (χ0) is 13.9. The Bertz CT molecular complexity index is 549. The van der Waals surface area contributed by atoms with Gasteiger partial charge in [0.1, 0.15) is 11.5 Å². The fraction of sp³-hybridized carbons (Fsp3) is 0.444. The molecule has 0 spiro atoms. The van der Waals surface area contributed by atoms with Crippen molar-refractivity contribution in [2.45, 2.75) is 49.8 Å². The summed E-state index contributed by atoms with van der Waals surface area (Å²) < 4.78 is 5.70. The lowest BCUT2D eigenvalue weighted by Gasteiger charge is -2.22. The average Bonchev–Trinajstić information content (AvgIpc) is 2.94. The number of halogens is 1. The van der Waals surface area contributed by atoms with Crippen LogP contribution in [0.1, 0.15) is 65.5 Å². The Balaban J connectivity index is 1.75. The SMILES string of the molecule is Cc1ccc(C(Br)c2ccc(C3CCCCC3)cc2)o1. The first-order valence-electron chi connectivity index (χ1n) is 7.54. The number of aryl methyl sites for hydroxylation is 1. The molecule has 2 aromatic rings. The number of hydrogen-bond donors (Lipinski definition) is 0. The maximum Gasteiger partial charge on any atom is 0.122 e. The minimum atomic E-state index is 0.150. The zero-order valence-electron chi connectivity index (χ0n) is 11.9. The highest BCUT2D eigenvalue weighted by Gasteiger charge is 2.17. The maximum atomic E-state index is 5.70. The molecule has 0 N–H and O–H groups in total. The van der Waals surface area contributed by atoms with E-state index in [1.807, 2.05) is 19.1 Å². The Morgan fingerprint density at radius 1 is 1.00 bits per heavy atom. The van der Waals surface area contributed by atoms with Gasteiger partial charge < -0.3 is 4.42 Å². The molecule has 1 atom stereocenters. The van der Waals surface area contributed by atoms with E-state index in [0.29, 0.717) is 0 Å². The van der Waals surface area contributed by atoms with Gasteiger partial charge in [0.25, 0.3) is 0 Å². The summed E-state index contributed by atoms with van der Waals surface area (Å²) in [6, 6.07) is 13.1. The summed E-state index contributed by atoms with van der Waals surface area (Å²) in [5.41, 5.74) is 2.77. The lowest BCUT2D eigenvalue weighted by molar-refractivity contribution is 0.443. The highest BCUT2D eigenvalue weighted by molar-refractivity contribution is 9.09. The smallest absolute Gasteiger partial charge is 0.122 e. The predicted octanol–water partition coefficient (Wildman–Crippen LogP) is 6.12. The largest absolute Gasteiger partial charge is 0.465 e. The molecule has 20 heavy (non-hydrogen) atoms. The number of alkyl halides is 1. The van der Waals surface area contributed by atoms with Crippen LogP contribution in [0.25, 0.3) is 0 Å². The molecule has 1 heterocycles. The van der Waals surface area contributed by atoms with Crippen LogP contribution in [0.2, 0.25) is 0 Å². The van der Waals surface area contributed by atoms with Crippen molar-refractivity contribution in [3.8, 4) is 0 Å². The minimum absolute atomic E-state index is 0.150. The lowest BCUT2D eigenvalue weighted by atomic mass is 9.84. The van der Waals surface area contributed by atoms with Crippen LogP contribution in [0.5, 0.6) is 0 Å². The fourth-order valence-corrected chi connectivity index (χ4v) is 3.68. The number of hydrogen-bond acceptors (Lipinski definition) is 1. The van der Waals surface area contributed by atoms with Crippen LogP contribution < -0.4 is 0 Å². The molecule has 0 saturated heterocycles. The molecule has 0 amide bonds. The minimum Gasteiger partial charge on any atom is -0.465 e. The van der Waals surface area contributed by atoms with Gasteiger partial charge in [-0.05, 0) is 48.9 Å². The van der Waals surface area contributed by atoms with Gasteiger partial charge in [0.2, 0.25) is 0 Å². The predicted molar refractivity (Wildman–Crippen MR) is 86.5 cm³/mol. The molecular formula is C18H21BrO. The van der Waals surface area contributed by atoms with Crippen LogP contribution in [0.15, 0.2) is 40.8 Å². The van der Waals surface area contributed by atoms with Crippen LogP contribution in [0, 0.1) is 6.92 Å². The molecule has 1 aliphatic carbocycles. The summed E-state index contributed by atoms with van der Waals surface area (Å²) in [7, 11) is 0. The molecule has 1 nitrogen and oxygen atoms in total. The second-order valence-electron chi connectivity index (χ2n) is 5.81. The molecule has 3 rings (SSSR count). The van der Waals surface area contributed by atoms with E-state index in [0.717, 1.165) is 17.4 Å². The van der Waals surface area contributed by atoms with E-state index in [1.54, 1.807) is 0 Å². The second kappa shape index (κ2) is 6.17. The first-order chi connectivity index (χ1) is 9.74. The van der Waals surface area contributed by atoms with Crippen molar-refractivity contribution >= 4 is 15.9 Å². The summed E-state index contributed by atoms with van der Waals surface area (Å²) in [4.78, 5) is 0.150. The van der Waals surface area contributed by atoms with Gasteiger partial charge in [0, 0.05) is 0 Å². The standard InChI is InChI=1S/C18H21BrO/c1-13-7-12-17(20-13)18(19)16-10-8-15(9-11-16)14-5-3-2-4-6-14/h7-12,14,18H,2-6H2,1H3. The number of benzene rings is 1. The summed E-state index contributed by atoms with van der Waals surface area (Å²) in [6.07, 6.45) is 6.90. The van der Waals surface area contributed by atoms with E-state index in [2.05, 4.69) is 40.2 Å². The van der Waals surface area contributed by atoms with Crippen molar-refractivity contribution in [2.75, 3.05) is 0 Å². The molecule has 1 saturated carbocycles. The van der Waals surface area contributed by atoms with E-state index in [1.165, 1.54) is 43.2 Å². The number of rotatable bonds is 3. The Kier molecular flexibility index (Phi) is 4.30. The first-order valence-corrected chi connectivity index (χ1v) is 8.46. The molecule has 0 bridgehead atoms. The summed E-state index contributed by atoms with van der Waals surface area (Å²) >= 11 is 3.73. The number of furan rings is 1. The molecule has 1 aromatic carbocycles. The van der Waals surface area contributed by atoms with Gasteiger partial charge in [0.15, 0.2) is 0 Å². The van der Waals surface area contributed by atoms with E-state index >= 15 is 0 Å². The van der Waals surface area contributed by atoms with Crippen molar-refractivity contribution < 1.29 is 4.42 Å². The van der Waals surface area contributed by atoms with Gasteiger partial charge in [-0.25, -0.2) is 0 Å². The van der Waals surface area contributed by atoms with Crippen LogP contribution in [0.3, 0.4) is 0 Å². The summed E-state index contributed by atoms with van der Waals surface area (Å²) in [5, 5.41) is 0. The Morgan fingerprint density at radius 2 is 1.70 bits per heavy atom. The summed E-state index contributed by atoms with van der Waals surface area (Å²) in [6.45, 7) is 1.98. The lowest BCUT2D eigenvalue weighted by Crippen LogP contribution is -2.04. The van der Waals surface area contributed by atoms with Gasteiger partial charge in [-0.15, -0.1) is 0 Å². The van der Waals surface area contributed by atoms with E-state index in [-0.39, 0.29) is 4.83 Å². The average molecular weight is 333 g/mol. The van der Waals surface area contributed by atoms with Crippen molar-refractivity contribution in [3.63, 3.8) is 0 Å². The highest BCUT2D eigenvalue weighted by Crippen LogP contribution is 2.35.